The Kier molecular flexibility index (Phi) is 4.08. The summed E-state index contributed by atoms with van der Waals surface area (Å²) in [6.45, 7) is 3.82. The van der Waals surface area contributed by atoms with Crippen LogP contribution < -0.4 is 0 Å². The van der Waals surface area contributed by atoms with Gasteiger partial charge in [-0.25, -0.2) is 0 Å². The Balaban J connectivity index is 3.08. The van der Waals surface area contributed by atoms with Crippen molar-refractivity contribution in [3.05, 3.63) is 44.4 Å². The highest BCUT2D eigenvalue weighted by Gasteiger charge is 2.04. The number of hydrogen-bond donors (Lipinski definition) is 0. The van der Waals surface area contributed by atoms with E-state index in [1.807, 2.05) is 32.0 Å². The molecule has 1 nitrogen and oxygen atoms in total. The van der Waals surface area contributed by atoms with Gasteiger partial charge in [-0.05, 0) is 38.1 Å². The Hall–Kier alpha value is -0.410. The van der Waals surface area contributed by atoms with E-state index >= 15 is 0 Å². The van der Waals surface area contributed by atoms with Gasteiger partial charge in [0.1, 0.15) is 0 Å². The van der Waals surface area contributed by atoms with Crippen molar-refractivity contribution < 1.29 is 4.79 Å². The van der Waals surface area contributed by atoms with E-state index in [4.69, 9.17) is 0 Å². The quantitative estimate of drug-likeness (QED) is 0.585. The molecule has 74 valence electrons. The minimum absolute atomic E-state index is 0.0343. The molecular formula is C11H10Br2O. The van der Waals surface area contributed by atoms with Gasteiger partial charge in [0.05, 0.1) is 0 Å². The van der Waals surface area contributed by atoms with Crippen LogP contribution in [0.25, 0.3) is 0 Å². The lowest BCUT2D eigenvalue weighted by Crippen LogP contribution is -1.95. The average molecular weight is 318 g/mol. The number of allylic oxidation sites excluding steroid dienone is 2. The second-order valence-electron chi connectivity index (χ2n) is 3.24. The summed E-state index contributed by atoms with van der Waals surface area (Å²) in [5.74, 6) is 0.0343. The van der Waals surface area contributed by atoms with Crippen LogP contribution >= 0.6 is 31.9 Å². The molecule has 3 heteroatoms. The van der Waals surface area contributed by atoms with Crippen molar-refractivity contribution in [1.29, 1.82) is 0 Å². The van der Waals surface area contributed by atoms with Crippen LogP contribution in [0.1, 0.15) is 24.2 Å². The molecule has 0 radical (unpaired) electrons. The van der Waals surface area contributed by atoms with Crippen LogP contribution in [0.15, 0.2) is 38.8 Å². The summed E-state index contributed by atoms with van der Waals surface area (Å²) in [4.78, 5) is 11.6. The van der Waals surface area contributed by atoms with Gasteiger partial charge < -0.3 is 0 Å². The van der Waals surface area contributed by atoms with Gasteiger partial charge in [-0.15, -0.1) is 0 Å². The molecule has 0 aliphatic rings. The van der Waals surface area contributed by atoms with E-state index in [2.05, 4.69) is 31.9 Å². The van der Waals surface area contributed by atoms with Crippen LogP contribution in [0, 0.1) is 0 Å². The molecule has 0 atom stereocenters. The van der Waals surface area contributed by atoms with Crippen molar-refractivity contribution in [2.45, 2.75) is 13.8 Å². The fourth-order valence-electron chi connectivity index (χ4n) is 1.04. The SMILES string of the molecule is CC(C)=CC(=O)c1cc(Br)cc(Br)c1. The highest BCUT2D eigenvalue weighted by molar-refractivity contribution is 9.11. The summed E-state index contributed by atoms with van der Waals surface area (Å²) in [6, 6.07) is 5.53. The third kappa shape index (κ3) is 3.39. The minimum Gasteiger partial charge on any atom is -0.289 e. The van der Waals surface area contributed by atoms with E-state index < -0.39 is 0 Å². The number of ketones is 1. The van der Waals surface area contributed by atoms with Crippen molar-refractivity contribution in [2.75, 3.05) is 0 Å². The lowest BCUT2D eigenvalue weighted by atomic mass is 10.1. The largest absolute Gasteiger partial charge is 0.289 e. The fourth-order valence-corrected chi connectivity index (χ4v) is 2.34. The molecular weight excluding hydrogens is 308 g/mol. The molecule has 0 saturated heterocycles. The molecule has 0 aliphatic carbocycles. The number of hydrogen-bond acceptors (Lipinski definition) is 1. The zero-order valence-electron chi connectivity index (χ0n) is 7.97. The van der Waals surface area contributed by atoms with E-state index in [1.165, 1.54) is 0 Å². The lowest BCUT2D eigenvalue weighted by Gasteiger charge is -1.99. The van der Waals surface area contributed by atoms with E-state index in [0.29, 0.717) is 5.56 Å². The van der Waals surface area contributed by atoms with Gasteiger partial charge in [-0.2, -0.15) is 0 Å². The van der Waals surface area contributed by atoms with Gasteiger partial charge in [0.25, 0.3) is 0 Å². The van der Waals surface area contributed by atoms with E-state index in [1.54, 1.807) is 6.08 Å². The van der Waals surface area contributed by atoms with Crippen LogP contribution in [-0.4, -0.2) is 5.78 Å². The second-order valence-corrected chi connectivity index (χ2v) is 5.08. The first-order chi connectivity index (χ1) is 6.49. The molecule has 0 spiro atoms. The minimum atomic E-state index is 0.0343. The van der Waals surface area contributed by atoms with Crippen molar-refractivity contribution in [3.63, 3.8) is 0 Å². The average Bonchev–Trinajstić information content (AvgIpc) is 2.00. The van der Waals surface area contributed by atoms with Crippen molar-refractivity contribution in [3.8, 4) is 0 Å². The predicted octanol–water partition coefficient (Wildman–Crippen LogP) is 4.36. The van der Waals surface area contributed by atoms with Gasteiger partial charge in [-0.1, -0.05) is 37.4 Å². The maximum absolute atomic E-state index is 11.6. The molecule has 0 amide bonds. The molecule has 0 fully saturated rings. The number of rotatable bonds is 2. The summed E-state index contributed by atoms with van der Waals surface area (Å²) in [7, 11) is 0. The van der Waals surface area contributed by atoms with Gasteiger partial charge in [-0.3, -0.25) is 4.79 Å². The Morgan fingerprint density at radius 2 is 1.64 bits per heavy atom. The Labute approximate surface area is 100 Å². The van der Waals surface area contributed by atoms with Gasteiger partial charge >= 0.3 is 0 Å². The highest BCUT2D eigenvalue weighted by Crippen LogP contribution is 2.20. The molecule has 1 aromatic carbocycles. The topological polar surface area (TPSA) is 17.1 Å². The standard InChI is InChI=1S/C11H10Br2O/c1-7(2)3-11(14)8-4-9(12)6-10(13)5-8/h3-6H,1-2H3. The molecule has 0 saturated carbocycles. The first-order valence-electron chi connectivity index (χ1n) is 4.14. The summed E-state index contributed by atoms with van der Waals surface area (Å²) in [6.07, 6.45) is 1.63. The molecule has 0 aliphatic heterocycles. The van der Waals surface area contributed by atoms with Gasteiger partial charge in [0.2, 0.25) is 0 Å². The van der Waals surface area contributed by atoms with E-state index in [9.17, 15) is 4.79 Å². The molecule has 1 rings (SSSR count). The number of halogens is 2. The number of carbonyl (C=O) groups excluding carboxylic acids is 1. The Bertz CT molecular complexity index is 370. The molecule has 0 bridgehead atoms. The predicted molar refractivity (Wildman–Crippen MR) is 65.6 cm³/mol. The molecule has 1 aromatic rings. The smallest absolute Gasteiger partial charge is 0.185 e. The maximum atomic E-state index is 11.6. The molecule has 0 N–H and O–H groups in total. The number of benzene rings is 1. The fraction of sp³-hybridized carbons (Fsp3) is 0.182. The summed E-state index contributed by atoms with van der Waals surface area (Å²) < 4.78 is 1.80. The van der Waals surface area contributed by atoms with Gasteiger partial charge in [0, 0.05) is 14.5 Å². The molecule has 0 unspecified atom stereocenters. The van der Waals surface area contributed by atoms with Crippen molar-refractivity contribution in [2.24, 2.45) is 0 Å². The summed E-state index contributed by atoms with van der Waals surface area (Å²) in [5, 5.41) is 0. The third-order valence-electron chi connectivity index (χ3n) is 1.57. The molecule has 14 heavy (non-hydrogen) atoms. The maximum Gasteiger partial charge on any atom is 0.185 e. The van der Waals surface area contributed by atoms with Crippen molar-refractivity contribution >= 4 is 37.6 Å². The lowest BCUT2D eigenvalue weighted by molar-refractivity contribution is 0.104. The number of carbonyl (C=O) groups is 1. The van der Waals surface area contributed by atoms with Crippen molar-refractivity contribution in [1.82, 2.24) is 0 Å². The first kappa shape index (κ1) is 11.7. The monoisotopic (exact) mass is 316 g/mol. The summed E-state index contributed by atoms with van der Waals surface area (Å²) >= 11 is 6.69. The van der Waals surface area contributed by atoms with Crippen LogP contribution in [0.5, 0.6) is 0 Å². The normalized spacial score (nSPS) is 9.71. The third-order valence-corrected chi connectivity index (χ3v) is 2.48. The van der Waals surface area contributed by atoms with E-state index in [-0.39, 0.29) is 5.78 Å². The van der Waals surface area contributed by atoms with Gasteiger partial charge in [0.15, 0.2) is 5.78 Å². The van der Waals surface area contributed by atoms with Crippen LogP contribution in [0.2, 0.25) is 0 Å². The molecule has 0 heterocycles. The second kappa shape index (κ2) is 4.89. The zero-order chi connectivity index (χ0) is 10.7. The van der Waals surface area contributed by atoms with Crippen LogP contribution in [-0.2, 0) is 0 Å². The highest BCUT2D eigenvalue weighted by atomic mass is 79.9. The van der Waals surface area contributed by atoms with Crippen LogP contribution in [0.4, 0.5) is 0 Å². The van der Waals surface area contributed by atoms with Crippen LogP contribution in [0.3, 0.4) is 0 Å². The first-order valence-corrected chi connectivity index (χ1v) is 5.73. The Morgan fingerprint density at radius 1 is 1.14 bits per heavy atom. The summed E-state index contributed by atoms with van der Waals surface area (Å²) in [5.41, 5.74) is 1.69. The van der Waals surface area contributed by atoms with E-state index in [0.717, 1.165) is 14.5 Å². The molecule has 0 aromatic heterocycles. The zero-order valence-corrected chi connectivity index (χ0v) is 11.1. The Morgan fingerprint density at radius 3 is 2.07 bits per heavy atom.